The standard InChI is InChI=1S/C20H33N5O/c1-23(2)19-12-18(21-15-22-19)10-17-13-24(3)8-9-25(14-17)20(26)11-16-6-4-5-7-16/h12,15-17H,4-11,13-14H2,1-3H3/t17-/m0/s1. The molecule has 1 saturated heterocycles. The fraction of sp³-hybridized carbons (Fsp3) is 0.750. The van der Waals surface area contributed by atoms with Gasteiger partial charge in [0.1, 0.15) is 12.1 Å². The van der Waals surface area contributed by atoms with Crippen molar-refractivity contribution in [1.82, 2.24) is 19.8 Å². The molecular formula is C20H33N5O. The van der Waals surface area contributed by atoms with Crippen LogP contribution < -0.4 is 4.90 Å². The van der Waals surface area contributed by atoms with Crippen molar-refractivity contribution < 1.29 is 4.79 Å². The zero-order valence-electron chi connectivity index (χ0n) is 16.5. The number of carbonyl (C=O) groups is 1. The van der Waals surface area contributed by atoms with E-state index >= 15 is 0 Å². The zero-order chi connectivity index (χ0) is 18.5. The summed E-state index contributed by atoms with van der Waals surface area (Å²) in [5, 5.41) is 0. The molecule has 1 aliphatic carbocycles. The normalized spacial score (nSPS) is 22.4. The Balaban J connectivity index is 1.63. The molecule has 2 fully saturated rings. The average molecular weight is 360 g/mol. The van der Waals surface area contributed by atoms with E-state index in [9.17, 15) is 4.79 Å². The lowest BCUT2D eigenvalue weighted by Gasteiger charge is -2.25. The molecule has 3 rings (SSSR count). The third-order valence-corrected chi connectivity index (χ3v) is 5.76. The van der Waals surface area contributed by atoms with Gasteiger partial charge >= 0.3 is 0 Å². The number of nitrogens with zero attached hydrogens (tertiary/aromatic N) is 5. The summed E-state index contributed by atoms with van der Waals surface area (Å²) in [6, 6.07) is 2.07. The minimum atomic E-state index is 0.355. The molecule has 26 heavy (non-hydrogen) atoms. The highest BCUT2D eigenvalue weighted by Gasteiger charge is 2.27. The molecule has 6 nitrogen and oxygen atoms in total. The molecular weight excluding hydrogens is 326 g/mol. The fourth-order valence-electron chi connectivity index (χ4n) is 4.27. The van der Waals surface area contributed by atoms with Crippen LogP contribution in [-0.4, -0.2) is 73.0 Å². The topological polar surface area (TPSA) is 52.6 Å². The zero-order valence-corrected chi connectivity index (χ0v) is 16.5. The first kappa shape index (κ1) is 19.1. The van der Waals surface area contributed by atoms with Gasteiger partial charge in [0.15, 0.2) is 0 Å². The van der Waals surface area contributed by atoms with Crippen LogP contribution in [0.15, 0.2) is 12.4 Å². The number of amides is 1. The Morgan fingerprint density at radius 1 is 1.15 bits per heavy atom. The van der Waals surface area contributed by atoms with E-state index < -0.39 is 0 Å². The summed E-state index contributed by atoms with van der Waals surface area (Å²) in [5.41, 5.74) is 1.06. The second-order valence-electron chi connectivity index (χ2n) is 8.29. The molecule has 1 amide bonds. The Bertz CT molecular complexity index is 600. The van der Waals surface area contributed by atoms with Gasteiger partial charge < -0.3 is 14.7 Å². The first-order valence-corrected chi connectivity index (χ1v) is 9.96. The monoisotopic (exact) mass is 359 g/mol. The maximum atomic E-state index is 12.8. The van der Waals surface area contributed by atoms with Gasteiger partial charge in [0.25, 0.3) is 0 Å². The lowest BCUT2D eigenvalue weighted by atomic mass is 10.0. The molecule has 6 heteroatoms. The van der Waals surface area contributed by atoms with Crippen LogP contribution in [0.2, 0.25) is 0 Å². The number of hydrogen-bond donors (Lipinski definition) is 0. The number of carbonyl (C=O) groups excluding carboxylic acids is 1. The molecule has 0 radical (unpaired) electrons. The van der Waals surface area contributed by atoms with Gasteiger partial charge in [0.05, 0.1) is 0 Å². The van der Waals surface area contributed by atoms with E-state index in [0.29, 0.717) is 17.7 Å². The number of aromatic nitrogens is 2. The molecule has 0 bridgehead atoms. The highest BCUT2D eigenvalue weighted by Crippen LogP contribution is 2.28. The van der Waals surface area contributed by atoms with Gasteiger partial charge in [0.2, 0.25) is 5.91 Å². The van der Waals surface area contributed by atoms with Crippen molar-refractivity contribution in [3.8, 4) is 0 Å². The molecule has 1 atom stereocenters. The summed E-state index contributed by atoms with van der Waals surface area (Å²) in [5.74, 6) is 2.33. The molecule has 2 aliphatic rings. The Morgan fingerprint density at radius 3 is 2.65 bits per heavy atom. The predicted molar refractivity (Wildman–Crippen MR) is 104 cm³/mol. The lowest BCUT2D eigenvalue weighted by Crippen LogP contribution is -2.37. The predicted octanol–water partition coefficient (Wildman–Crippen LogP) is 2.06. The molecule has 0 unspecified atom stereocenters. The second kappa shape index (κ2) is 8.80. The van der Waals surface area contributed by atoms with E-state index in [2.05, 4.69) is 32.9 Å². The van der Waals surface area contributed by atoms with Crippen LogP contribution in [-0.2, 0) is 11.2 Å². The Labute approximate surface area is 157 Å². The highest BCUT2D eigenvalue weighted by atomic mass is 16.2. The lowest BCUT2D eigenvalue weighted by molar-refractivity contribution is -0.132. The molecule has 0 N–H and O–H groups in total. The second-order valence-corrected chi connectivity index (χ2v) is 8.29. The van der Waals surface area contributed by atoms with Crippen LogP contribution in [0.3, 0.4) is 0 Å². The van der Waals surface area contributed by atoms with Gasteiger partial charge in [-0.25, -0.2) is 9.97 Å². The fourth-order valence-corrected chi connectivity index (χ4v) is 4.27. The molecule has 1 aromatic heterocycles. The van der Waals surface area contributed by atoms with Gasteiger partial charge in [-0.1, -0.05) is 12.8 Å². The molecule has 1 aliphatic heterocycles. The van der Waals surface area contributed by atoms with E-state index in [4.69, 9.17) is 0 Å². The summed E-state index contributed by atoms with van der Waals surface area (Å²) in [6.45, 7) is 3.66. The Hall–Kier alpha value is -1.69. The summed E-state index contributed by atoms with van der Waals surface area (Å²) in [4.78, 5) is 28.1. The summed E-state index contributed by atoms with van der Waals surface area (Å²) in [7, 11) is 6.15. The van der Waals surface area contributed by atoms with Gasteiger partial charge in [-0.15, -0.1) is 0 Å². The van der Waals surface area contributed by atoms with E-state index in [1.165, 1.54) is 25.7 Å². The maximum absolute atomic E-state index is 12.8. The minimum absolute atomic E-state index is 0.355. The summed E-state index contributed by atoms with van der Waals surface area (Å²) in [6.07, 6.45) is 8.34. The number of anilines is 1. The quantitative estimate of drug-likeness (QED) is 0.805. The first-order valence-electron chi connectivity index (χ1n) is 9.96. The first-order chi connectivity index (χ1) is 12.5. The number of rotatable bonds is 5. The molecule has 2 heterocycles. The number of hydrogen-bond acceptors (Lipinski definition) is 5. The van der Waals surface area contributed by atoms with Gasteiger partial charge in [-0.05, 0) is 38.1 Å². The summed E-state index contributed by atoms with van der Waals surface area (Å²) >= 11 is 0. The minimum Gasteiger partial charge on any atom is -0.363 e. The van der Waals surface area contributed by atoms with Gasteiger partial charge in [-0.3, -0.25) is 4.79 Å². The smallest absolute Gasteiger partial charge is 0.222 e. The van der Waals surface area contributed by atoms with E-state index in [1.54, 1.807) is 6.33 Å². The molecule has 1 aromatic rings. The van der Waals surface area contributed by atoms with Crippen LogP contribution in [0.1, 0.15) is 37.8 Å². The van der Waals surface area contributed by atoms with E-state index in [-0.39, 0.29) is 0 Å². The van der Waals surface area contributed by atoms with Gasteiger partial charge in [-0.2, -0.15) is 0 Å². The SMILES string of the molecule is CN1CCN(C(=O)CC2CCCC2)C[C@@H](Cc2cc(N(C)C)ncn2)C1. The van der Waals surface area contributed by atoms with Crippen molar-refractivity contribution >= 4 is 11.7 Å². The van der Waals surface area contributed by atoms with Gasteiger partial charge in [0, 0.05) is 58.5 Å². The van der Waals surface area contributed by atoms with Crippen molar-refractivity contribution in [2.45, 2.75) is 38.5 Å². The Morgan fingerprint density at radius 2 is 1.92 bits per heavy atom. The van der Waals surface area contributed by atoms with Crippen molar-refractivity contribution in [3.63, 3.8) is 0 Å². The third-order valence-electron chi connectivity index (χ3n) is 5.76. The third kappa shape index (κ3) is 5.16. The van der Waals surface area contributed by atoms with Crippen molar-refractivity contribution in [2.75, 3.05) is 52.2 Å². The largest absolute Gasteiger partial charge is 0.363 e. The van der Waals surface area contributed by atoms with Crippen molar-refractivity contribution in [3.05, 3.63) is 18.1 Å². The van der Waals surface area contributed by atoms with Crippen molar-refractivity contribution in [1.29, 1.82) is 0 Å². The number of likely N-dealkylation sites (N-methyl/N-ethyl adjacent to an activating group) is 1. The van der Waals surface area contributed by atoms with Crippen LogP contribution in [0.5, 0.6) is 0 Å². The van der Waals surface area contributed by atoms with Crippen molar-refractivity contribution in [2.24, 2.45) is 11.8 Å². The highest BCUT2D eigenvalue weighted by molar-refractivity contribution is 5.76. The molecule has 1 saturated carbocycles. The maximum Gasteiger partial charge on any atom is 0.222 e. The molecule has 0 aromatic carbocycles. The van der Waals surface area contributed by atoms with Crippen LogP contribution in [0, 0.1) is 11.8 Å². The molecule has 0 spiro atoms. The van der Waals surface area contributed by atoms with Crippen LogP contribution in [0.25, 0.3) is 0 Å². The van der Waals surface area contributed by atoms with E-state index in [1.807, 2.05) is 19.0 Å². The van der Waals surface area contributed by atoms with Crippen LogP contribution >= 0.6 is 0 Å². The molecule has 144 valence electrons. The Kier molecular flexibility index (Phi) is 6.46. The van der Waals surface area contributed by atoms with Crippen LogP contribution in [0.4, 0.5) is 5.82 Å². The van der Waals surface area contributed by atoms with E-state index in [0.717, 1.165) is 50.5 Å². The summed E-state index contributed by atoms with van der Waals surface area (Å²) < 4.78 is 0. The average Bonchev–Trinajstić information content (AvgIpc) is 3.04.